The molecule has 108 valence electrons. The van der Waals surface area contributed by atoms with Crippen molar-refractivity contribution in [1.82, 2.24) is 0 Å². The van der Waals surface area contributed by atoms with Crippen LogP contribution in [0.3, 0.4) is 0 Å². The normalized spacial score (nSPS) is 10.7. The Bertz CT molecular complexity index is 366. The zero-order chi connectivity index (χ0) is 13.9. The fourth-order valence-corrected chi connectivity index (χ4v) is 1.85. The van der Waals surface area contributed by atoms with E-state index >= 15 is 0 Å². The SMILES string of the molecule is COCCOCCOCCNc1ccc(F)cc1Br. The summed E-state index contributed by atoms with van der Waals surface area (Å²) in [5.74, 6) is -0.262. The largest absolute Gasteiger partial charge is 0.382 e. The maximum atomic E-state index is 12.9. The van der Waals surface area contributed by atoms with E-state index in [-0.39, 0.29) is 5.82 Å². The van der Waals surface area contributed by atoms with Crippen LogP contribution < -0.4 is 5.32 Å². The average Bonchev–Trinajstić information content (AvgIpc) is 2.39. The molecule has 0 radical (unpaired) electrons. The Labute approximate surface area is 121 Å². The zero-order valence-electron chi connectivity index (χ0n) is 11.0. The van der Waals surface area contributed by atoms with Crippen molar-refractivity contribution in [3.63, 3.8) is 0 Å². The number of rotatable bonds is 10. The van der Waals surface area contributed by atoms with Crippen molar-refractivity contribution in [2.75, 3.05) is 52.0 Å². The van der Waals surface area contributed by atoms with Crippen LogP contribution in [0.4, 0.5) is 10.1 Å². The molecule has 1 N–H and O–H groups in total. The topological polar surface area (TPSA) is 39.7 Å². The van der Waals surface area contributed by atoms with Gasteiger partial charge in [0.25, 0.3) is 0 Å². The predicted octanol–water partition coefficient (Wildman–Crippen LogP) is 2.68. The second-order valence-corrected chi connectivity index (χ2v) is 4.62. The molecule has 0 aliphatic carbocycles. The van der Waals surface area contributed by atoms with Gasteiger partial charge in [0.15, 0.2) is 0 Å². The van der Waals surface area contributed by atoms with Crippen molar-refractivity contribution in [1.29, 1.82) is 0 Å². The Balaban J connectivity index is 2.01. The minimum absolute atomic E-state index is 0.262. The van der Waals surface area contributed by atoms with E-state index in [4.69, 9.17) is 14.2 Å². The number of methoxy groups -OCH3 is 1. The van der Waals surface area contributed by atoms with Gasteiger partial charge in [-0.25, -0.2) is 4.39 Å². The van der Waals surface area contributed by atoms with Gasteiger partial charge in [0.05, 0.1) is 33.0 Å². The molecule has 0 amide bonds. The average molecular weight is 336 g/mol. The summed E-state index contributed by atoms with van der Waals surface area (Å²) in [7, 11) is 1.64. The minimum Gasteiger partial charge on any atom is -0.382 e. The summed E-state index contributed by atoms with van der Waals surface area (Å²) in [5, 5.41) is 3.15. The quantitative estimate of drug-likeness (QED) is 0.667. The van der Waals surface area contributed by atoms with Crippen molar-refractivity contribution in [3.8, 4) is 0 Å². The molecule has 0 fully saturated rings. The molecule has 0 atom stereocenters. The molecule has 0 aromatic heterocycles. The molecule has 0 aliphatic heterocycles. The Morgan fingerprint density at radius 1 is 1.11 bits per heavy atom. The smallest absolute Gasteiger partial charge is 0.124 e. The highest BCUT2D eigenvalue weighted by atomic mass is 79.9. The van der Waals surface area contributed by atoms with E-state index in [9.17, 15) is 4.39 Å². The molecule has 19 heavy (non-hydrogen) atoms. The van der Waals surface area contributed by atoms with Gasteiger partial charge < -0.3 is 19.5 Å². The molecule has 0 unspecified atom stereocenters. The first kappa shape index (κ1) is 16.4. The maximum Gasteiger partial charge on any atom is 0.124 e. The molecular weight excluding hydrogens is 317 g/mol. The van der Waals surface area contributed by atoms with Gasteiger partial charge in [0, 0.05) is 23.8 Å². The summed E-state index contributed by atoms with van der Waals surface area (Å²) in [6, 6.07) is 4.53. The van der Waals surface area contributed by atoms with Crippen LogP contribution in [0.25, 0.3) is 0 Å². The van der Waals surface area contributed by atoms with E-state index in [1.807, 2.05) is 0 Å². The summed E-state index contributed by atoms with van der Waals surface area (Å²) >= 11 is 3.29. The Hall–Kier alpha value is -0.690. The lowest BCUT2D eigenvalue weighted by Gasteiger charge is -2.09. The van der Waals surface area contributed by atoms with E-state index in [0.717, 1.165) is 5.69 Å². The summed E-state index contributed by atoms with van der Waals surface area (Å²) in [4.78, 5) is 0. The highest BCUT2D eigenvalue weighted by Gasteiger charge is 2.00. The number of ether oxygens (including phenoxy) is 3. The van der Waals surface area contributed by atoms with Gasteiger partial charge in [-0.1, -0.05) is 0 Å². The fourth-order valence-electron chi connectivity index (χ4n) is 1.35. The lowest BCUT2D eigenvalue weighted by atomic mass is 10.3. The van der Waals surface area contributed by atoms with Crippen LogP contribution >= 0.6 is 15.9 Å². The van der Waals surface area contributed by atoms with Crippen LogP contribution in [0.2, 0.25) is 0 Å². The van der Waals surface area contributed by atoms with E-state index in [1.54, 1.807) is 13.2 Å². The molecule has 1 aromatic carbocycles. The Morgan fingerprint density at radius 3 is 2.47 bits per heavy atom. The minimum atomic E-state index is -0.262. The van der Waals surface area contributed by atoms with Crippen LogP contribution in [-0.4, -0.2) is 46.7 Å². The van der Waals surface area contributed by atoms with Crippen LogP contribution in [0.15, 0.2) is 22.7 Å². The first-order valence-corrected chi connectivity index (χ1v) is 6.86. The first-order valence-electron chi connectivity index (χ1n) is 6.07. The highest BCUT2D eigenvalue weighted by Crippen LogP contribution is 2.22. The summed E-state index contributed by atoms with van der Waals surface area (Å²) in [6.07, 6.45) is 0. The van der Waals surface area contributed by atoms with E-state index in [2.05, 4.69) is 21.2 Å². The second-order valence-electron chi connectivity index (χ2n) is 3.77. The molecule has 0 spiro atoms. The molecule has 1 rings (SSSR count). The van der Waals surface area contributed by atoms with Crippen LogP contribution in [0.5, 0.6) is 0 Å². The van der Waals surface area contributed by atoms with Crippen molar-refractivity contribution < 1.29 is 18.6 Å². The van der Waals surface area contributed by atoms with Gasteiger partial charge in [-0.15, -0.1) is 0 Å². The van der Waals surface area contributed by atoms with E-state index in [0.29, 0.717) is 44.1 Å². The fraction of sp³-hybridized carbons (Fsp3) is 0.538. The third-order valence-electron chi connectivity index (χ3n) is 2.30. The van der Waals surface area contributed by atoms with E-state index < -0.39 is 0 Å². The molecule has 0 bridgehead atoms. The number of nitrogens with one attached hydrogen (secondary N) is 1. The third kappa shape index (κ3) is 7.47. The molecule has 0 saturated carbocycles. The first-order chi connectivity index (χ1) is 9.24. The van der Waals surface area contributed by atoms with Gasteiger partial charge >= 0.3 is 0 Å². The van der Waals surface area contributed by atoms with Crippen molar-refractivity contribution in [2.24, 2.45) is 0 Å². The molecule has 6 heteroatoms. The number of halogens is 2. The molecule has 4 nitrogen and oxygen atoms in total. The van der Waals surface area contributed by atoms with Gasteiger partial charge in [-0.05, 0) is 34.1 Å². The number of anilines is 1. The maximum absolute atomic E-state index is 12.9. The van der Waals surface area contributed by atoms with Gasteiger partial charge in [-0.2, -0.15) is 0 Å². The molecule has 0 heterocycles. The predicted molar refractivity (Wildman–Crippen MR) is 76.1 cm³/mol. The third-order valence-corrected chi connectivity index (χ3v) is 2.95. The van der Waals surface area contributed by atoms with E-state index in [1.165, 1.54) is 12.1 Å². The van der Waals surface area contributed by atoms with Gasteiger partial charge in [0.1, 0.15) is 5.82 Å². The molecular formula is C13H19BrFNO3. The summed E-state index contributed by atoms with van der Waals surface area (Å²) < 4.78 is 29.0. The second kappa shape index (κ2) is 10.1. The standard InChI is InChI=1S/C13H19BrFNO3/c1-17-6-7-19-9-8-18-5-4-16-13-3-2-11(15)10-12(13)14/h2-3,10,16H,4-9H2,1H3. The molecule has 0 aliphatic rings. The van der Waals surface area contributed by atoms with Crippen LogP contribution in [-0.2, 0) is 14.2 Å². The van der Waals surface area contributed by atoms with Crippen LogP contribution in [0, 0.1) is 5.82 Å². The Kier molecular flexibility index (Phi) is 8.73. The molecule has 0 saturated heterocycles. The van der Waals surface area contributed by atoms with Crippen molar-refractivity contribution >= 4 is 21.6 Å². The summed E-state index contributed by atoms with van der Waals surface area (Å²) in [5.41, 5.74) is 0.848. The van der Waals surface area contributed by atoms with Gasteiger partial charge in [0.2, 0.25) is 0 Å². The van der Waals surface area contributed by atoms with Gasteiger partial charge in [-0.3, -0.25) is 0 Å². The number of hydrogen-bond donors (Lipinski definition) is 1. The number of hydrogen-bond acceptors (Lipinski definition) is 4. The summed E-state index contributed by atoms with van der Waals surface area (Å²) in [6.45, 7) is 3.51. The van der Waals surface area contributed by atoms with Crippen LogP contribution in [0.1, 0.15) is 0 Å². The van der Waals surface area contributed by atoms with Crippen molar-refractivity contribution in [3.05, 3.63) is 28.5 Å². The lowest BCUT2D eigenvalue weighted by molar-refractivity contribution is 0.0272. The lowest BCUT2D eigenvalue weighted by Crippen LogP contribution is -2.13. The Morgan fingerprint density at radius 2 is 1.79 bits per heavy atom. The number of benzene rings is 1. The highest BCUT2D eigenvalue weighted by molar-refractivity contribution is 9.10. The molecule has 1 aromatic rings. The van der Waals surface area contributed by atoms with Crippen molar-refractivity contribution in [2.45, 2.75) is 0 Å². The zero-order valence-corrected chi connectivity index (χ0v) is 12.5. The monoisotopic (exact) mass is 335 g/mol.